The van der Waals surface area contributed by atoms with Crippen molar-refractivity contribution in [3.8, 4) is 11.4 Å². The first kappa shape index (κ1) is 26.6. The van der Waals surface area contributed by atoms with Crippen molar-refractivity contribution in [2.45, 2.75) is 45.8 Å². The Morgan fingerprint density at radius 1 is 1.13 bits per heavy atom. The molecular weight excluding hydrogens is 501 g/mol. The number of halogens is 1. The van der Waals surface area contributed by atoms with E-state index in [4.69, 9.17) is 4.74 Å². The number of carbonyl (C=O) groups is 1. The smallest absolute Gasteiger partial charge is 0.264 e. The van der Waals surface area contributed by atoms with Gasteiger partial charge in [-0.1, -0.05) is 26.8 Å². The van der Waals surface area contributed by atoms with Crippen molar-refractivity contribution in [3.05, 3.63) is 82.8 Å². The average molecular weight is 534 g/mol. The lowest BCUT2D eigenvalue weighted by atomic mass is 9.91. The molecule has 1 fully saturated rings. The molecule has 9 nitrogen and oxygen atoms in total. The molecule has 10 heteroatoms. The number of hydrogen-bond donors (Lipinski definition) is 1. The minimum atomic E-state index is -1.17. The fourth-order valence-corrected chi connectivity index (χ4v) is 4.63. The third-order valence-electron chi connectivity index (χ3n) is 6.83. The van der Waals surface area contributed by atoms with Crippen LogP contribution in [-0.2, 0) is 6.54 Å². The van der Waals surface area contributed by atoms with Gasteiger partial charge in [-0.2, -0.15) is 5.10 Å². The molecule has 39 heavy (non-hydrogen) atoms. The van der Waals surface area contributed by atoms with Gasteiger partial charge in [0.25, 0.3) is 11.5 Å². The van der Waals surface area contributed by atoms with Crippen molar-refractivity contribution in [1.82, 2.24) is 24.2 Å². The van der Waals surface area contributed by atoms with Crippen LogP contribution in [0.2, 0.25) is 0 Å². The van der Waals surface area contributed by atoms with Crippen LogP contribution in [0.4, 0.5) is 4.39 Å². The van der Waals surface area contributed by atoms with E-state index in [9.17, 15) is 19.1 Å². The summed E-state index contributed by atoms with van der Waals surface area (Å²) < 4.78 is 22.1. The molecule has 5 rings (SSSR count). The summed E-state index contributed by atoms with van der Waals surface area (Å²) in [5.74, 6) is 0.0863. The SMILES string of the molecule is CC(C)(C)COc1cccc(-n2ncc3c(=O)n(CC4(O)CCN(C(=O)c5ccc(F)cc5)CC4)cnc32)c1. The monoisotopic (exact) mass is 533 g/mol. The van der Waals surface area contributed by atoms with E-state index >= 15 is 0 Å². The van der Waals surface area contributed by atoms with E-state index in [1.165, 1.54) is 41.4 Å². The Hall–Kier alpha value is -4.05. The molecule has 1 amide bonds. The number of aromatic nitrogens is 4. The van der Waals surface area contributed by atoms with E-state index in [2.05, 4.69) is 30.9 Å². The number of aliphatic hydroxyl groups is 1. The van der Waals surface area contributed by atoms with E-state index in [-0.39, 0.29) is 23.4 Å². The predicted molar refractivity (Wildman–Crippen MR) is 145 cm³/mol. The molecule has 0 spiro atoms. The molecule has 1 aliphatic rings. The van der Waals surface area contributed by atoms with Crippen molar-refractivity contribution in [3.63, 3.8) is 0 Å². The van der Waals surface area contributed by atoms with Gasteiger partial charge in [0.15, 0.2) is 5.65 Å². The zero-order valence-corrected chi connectivity index (χ0v) is 22.3. The fourth-order valence-electron chi connectivity index (χ4n) is 4.63. The van der Waals surface area contributed by atoms with E-state index in [1.807, 2.05) is 24.3 Å². The summed E-state index contributed by atoms with van der Waals surface area (Å²) >= 11 is 0. The summed E-state index contributed by atoms with van der Waals surface area (Å²) in [7, 11) is 0. The summed E-state index contributed by atoms with van der Waals surface area (Å²) in [4.78, 5) is 32.2. The van der Waals surface area contributed by atoms with Gasteiger partial charge in [-0.05, 0) is 54.7 Å². The normalized spacial score (nSPS) is 15.5. The highest BCUT2D eigenvalue weighted by molar-refractivity contribution is 5.94. The van der Waals surface area contributed by atoms with Gasteiger partial charge in [-0.25, -0.2) is 14.1 Å². The van der Waals surface area contributed by atoms with Crippen LogP contribution in [0.5, 0.6) is 5.75 Å². The Balaban J connectivity index is 1.30. The van der Waals surface area contributed by atoms with E-state index in [0.717, 1.165) is 5.69 Å². The maximum absolute atomic E-state index is 13.3. The van der Waals surface area contributed by atoms with Gasteiger partial charge < -0.3 is 14.7 Å². The minimum Gasteiger partial charge on any atom is -0.493 e. The summed E-state index contributed by atoms with van der Waals surface area (Å²) in [5, 5.41) is 16.0. The minimum absolute atomic E-state index is 0.0137. The molecule has 0 atom stereocenters. The lowest BCUT2D eigenvalue weighted by Gasteiger charge is -2.38. The molecule has 0 unspecified atom stereocenters. The number of piperidine rings is 1. The molecule has 0 radical (unpaired) electrons. The molecule has 4 aromatic rings. The molecule has 2 aromatic carbocycles. The largest absolute Gasteiger partial charge is 0.493 e. The quantitative estimate of drug-likeness (QED) is 0.404. The summed E-state index contributed by atoms with van der Waals surface area (Å²) in [6.45, 7) is 7.54. The second-order valence-electron chi connectivity index (χ2n) is 11.3. The van der Waals surface area contributed by atoms with Crippen LogP contribution in [0.1, 0.15) is 44.0 Å². The highest BCUT2D eigenvalue weighted by Crippen LogP contribution is 2.26. The van der Waals surface area contributed by atoms with E-state index in [1.54, 1.807) is 9.58 Å². The highest BCUT2D eigenvalue weighted by Gasteiger charge is 2.35. The lowest BCUT2D eigenvalue weighted by molar-refractivity contribution is -0.0299. The van der Waals surface area contributed by atoms with Crippen LogP contribution < -0.4 is 10.3 Å². The van der Waals surface area contributed by atoms with Crippen LogP contribution in [0.15, 0.2) is 65.8 Å². The maximum atomic E-state index is 13.3. The molecule has 0 saturated carbocycles. The standard InChI is InChI=1S/C29H32FN5O4/c1-28(2,3)18-39-23-6-4-5-22(15-23)35-25-24(16-32-35)27(37)34(19-31-25)17-29(38)11-13-33(14-12-29)26(36)20-7-9-21(30)10-8-20/h4-10,15-16,19,38H,11-14,17-18H2,1-3H3. The van der Waals surface area contributed by atoms with Gasteiger partial charge >= 0.3 is 0 Å². The van der Waals surface area contributed by atoms with Gasteiger partial charge in [0.05, 0.1) is 30.6 Å². The highest BCUT2D eigenvalue weighted by atomic mass is 19.1. The first-order valence-corrected chi connectivity index (χ1v) is 13.0. The zero-order valence-electron chi connectivity index (χ0n) is 22.3. The molecule has 1 N–H and O–H groups in total. The maximum Gasteiger partial charge on any atom is 0.264 e. The number of rotatable bonds is 6. The second kappa shape index (κ2) is 10.3. The van der Waals surface area contributed by atoms with Crippen LogP contribution in [0.3, 0.4) is 0 Å². The first-order valence-electron chi connectivity index (χ1n) is 13.0. The fraction of sp³-hybridized carbons (Fsp3) is 0.379. The van der Waals surface area contributed by atoms with Crippen molar-refractivity contribution in [2.75, 3.05) is 19.7 Å². The Labute approximate surface area is 225 Å². The van der Waals surface area contributed by atoms with Gasteiger partial charge in [-0.3, -0.25) is 14.2 Å². The number of benzene rings is 2. The van der Waals surface area contributed by atoms with Crippen molar-refractivity contribution >= 4 is 16.9 Å². The molecule has 204 valence electrons. The number of nitrogens with zero attached hydrogens (tertiary/aromatic N) is 5. The molecular formula is C29H32FN5O4. The molecule has 0 aliphatic carbocycles. The van der Waals surface area contributed by atoms with Crippen molar-refractivity contribution in [2.24, 2.45) is 5.41 Å². The van der Waals surface area contributed by atoms with Gasteiger partial charge in [0, 0.05) is 24.7 Å². The van der Waals surface area contributed by atoms with Crippen LogP contribution >= 0.6 is 0 Å². The Kier molecular flexibility index (Phi) is 6.98. The molecule has 2 aromatic heterocycles. The molecule has 1 saturated heterocycles. The molecule has 1 aliphatic heterocycles. The van der Waals surface area contributed by atoms with Gasteiger partial charge in [0.2, 0.25) is 0 Å². The number of hydrogen-bond acceptors (Lipinski definition) is 6. The Morgan fingerprint density at radius 2 is 1.85 bits per heavy atom. The molecule has 3 heterocycles. The van der Waals surface area contributed by atoms with Gasteiger partial charge in [0.1, 0.15) is 23.3 Å². The van der Waals surface area contributed by atoms with Crippen molar-refractivity contribution < 1.29 is 19.0 Å². The zero-order chi connectivity index (χ0) is 27.8. The Bertz CT molecular complexity index is 1550. The average Bonchev–Trinajstić information content (AvgIpc) is 3.34. The Morgan fingerprint density at radius 3 is 2.54 bits per heavy atom. The summed E-state index contributed by atoms with van der Waals surface area (Å²) in [5.41, 5.74) is 0.0716. The number of likely N-dealkylation sites (tertiary alicyclic amines) is 1. The first-order chi connectivity index (χ1) is 18.5. The number of carbonyl (C=O) groups excluding carboxylic acids is 1. The van der Waals surface area contributed by atoms with Crippen LogP contribution in [0, 0.1) is 11.2 Å². The predicted octanol–water partition coefficient (Wildman–Crippen LogP) is 3.81. The number of amides is 1. The summed E-state index contributed by atoms with van der Waals surface area (Å²) in [6, 6.07) is 12.9. The third-order valence-corrected chi connectivity index (χ3v) is 6.83. The second-order valence-corrected chi connectivity index (χ2v) is 11.3. The topological polar surface area (TPSA) is 102 Å². The number of fused-ring (bicyclic) bond motifs is 1. The lowest BCUT2D eigenvalue weighted by Crippen LogP contribution is -2.49. The van der Waals surface area contributed by atoms with Crippen LogP contribution in [0.25, 0.3) is 16.7 Å². The summed E-state index contributed by atoms with van der Waals surface area (Å²) in [6.07, 6.45) is 3.50. The van der Waals surface area contributed by atoms with E-state index < -0.39 is 11.4 Å². The number of ether oxygens (including phenoxy) is 1. The van der Waals surface area contributed by atoms with Crippen molar-refractivity contribution in [1.29, 1.82) is 0 Å². The van der Waals surface area contributed by atoms with Gasteiger partial charge in [-0.15, -0.1) is 0 Å². The molecule has 0 bridgehead atoms. The van der Waals surface area contributed by atoms with E-state index in [0.29, 0.717) is 54.9 Å². The third kappa shape index (κ3) is 5.85. The van der Waals surface area contributed by atoms with Crippen LogP contribution in [-0.4, -0.2) is 60.5 Å².